The molecule has 1 unspecified atom stereocenters. The van der Waals surface area contributed by atoms with Crippen molar-refractivity contribution < 1.29 is 22.7 Å². The first-order valence-corrected chi connectivity index (χ1v) is 12.5. The van der Waals surface area contributed by atoms with Gasteiger partial charge in [0.15, 0.2) is 0 Å². The largest absolute Gasteiger partial charge is 0.444 e. The number of carbonyl (C=O) groups is 2. The fourth-order valence-electron chi connectivity index (χ4n) is 3.35. The average Bonchev–Trinajstić information content (AvgIpc) is 3.63. The van der Waals surface area contributed by atoms with Gasteiger partial charge in [0.1, 0.15) is 0 Å². The van der Waals surface area contributed by atoms with Gasteiger partial charge in [0.2, 0.25) is 6.10 Å². The zero-order valence-electron chi connectivity index (χ0n) is 18.9. The SMILES string of the molecule is Cc1ccc(S(=O)(=O)Nc2ccc(C(=O)OC(C(=O)NC3CC3)c3ccccc3)cc2)cc1C. The lowest BCUT2D eigenvalue weighted by Crippen LogP contribution is -2.33. The number of rotatable bonds is 8. The summed E-state index contributed by atoms with van der Waals surface area (Å²) in [7, 11) is -3.78. The predicted molar refractivity (Wildman–Crippen MR) is 129 cm³/mol. The lowest BCUT2D eigenvalue weighted by atomic mass is 10.1. The minimum atomic E-state index is -3.78. The quantitative estimate of drug-likeness (QED) is 0.471. The van der Waals surface area contributed by atoms with Crippen molar-refractivity contribution in [2.24, 2.45) is 0 Å². The van der Waals surface area contributed by atoms with Crippen LogP contribution in [0.1, 0.15) is 46.0 Å². The molecule has 34 heavy (non-hydrogen) atoms. The van der Waals surface area contributed by atoms with Crippen LogP contribution in [0.15, 0.2) is 77.7 Å². The highest BCUT2D eigenvalue weighted by Crippen LogP contribution is 2.25. The maximum absolute atomic E-state index is 12.8. The molecule has 0 aromatic heterocycles. The first-order valence-electron chi connectivity index (χ1n) is 11.0. The average molecular weight is 479 g/mol. The molecule has 0 heterocycles. The second-order valence-corrected chi connectivity index (χ2v) is 10.1. The van der Waals surface area contributed by atoms with Crippen LogP contribution in [0.5, 0.6) is 0 Å². The Kier molecular flexibility index (Phi) is 6.70. The Morgan fingerprint density at radius 2 is 1.59 bits per heavy atom. The Morgan fingerprint density at radius 1 is 0.912 bits per heavy atom. The number of ether oxygens (including phenoxy) is 1. The van der Waals surface area contributed by atoms with Crippen molar-refractivity contribution in [2.45, 2.75) is 43.7 Å². The summed E-state index contributed by atoms with van der Waals surface area (Å²) in [5.41, 5.74) is 2.96. The smallest absolute Gasteiger partial charge is 0.339 e. The highest BCUT2D eigenvalue weighted by atomic mass is 32.2. The van der Waals surface area contributed by atoms with Crippen LogP contribution in [-0.4, -0.2) is 26.3 Å². The number of nitrogens with one attached hydrogen (secondary N) is 2. The molecular formula is C26H26N2O5S. The molecule has 7 nitrogen and oxygen atoms in total. The van der Waals surface area contributed by atoms with Crippen LogP contribution in [0.25, 0.3) is 0 Å². The van der Waals surface area contributed by atoms with Crippen LogP contribution in [0.2, 0.25) is 0 Å². The lowest BCUT2D eigenvalue weighted by Gasteiger charge is -2.18. The Balaban J connectivity index is 1.47. The van der Waals surface area contributed by atoms with Gasteiger partial charge in [-0.15, -0.1) is 0 Å². The zero-order valence-corrected chi connectivity index (χ0v) is 19.8. The summed E-state index contributed by atoms with van der Waals surface area (Å²) >= 11 is 0. The van der Waals surface area contributed by atoms with E-state index in [0.717, 1.165) is 24.0 Å². The molecule has 1 aliphatic rings. The minimum Gasteiger partial charge on any atom is -0.444 e. The highest BCUT2D eigenvalue weighted by Gasteiger charge is 2.31. The second kappa shape index (κ2) is 9.69. The van der Waals surface area contributed by atoms with E-state index in [9.17, 15) is 18.0 Å². The Bertz CT molecular complexity index is 1300. The fraction of sp³-hybridized carbons (Fsp3) is 0.231. The number of hydrogen-bond acceptors (Lipinski definition) is 5. The van der Waals surface area contributed by atoms with Gasteiger partial charge in [-0.1, -0.05) is 36.4 Å². The third kappa shape index (κ3) is 5.63. The molecule has 3 aromatic rings. The zero-order chi connectivity index (χ0) is 24.3. The van der Waals surface area contributed by atoms with Gasteiger partial charge in [-0.05, 0) is 74.2 Å². The van der Waals surface area contributed by atoms with Gasteiger partial charge in [-0.3, -0.25) is 9.52 Å². The monoisotopic (exact) mass is 478 g/mol. The number of amides is 1. The second-order valence-electron chi connectivity index (χ2n) is 8.41. The molecule has 8 heteroatoms. The number of sulfonamides is 1. The van der Waals surface area contributed by atoms with E-state index in [-0.39, 0.29) is 22.4 Å². The summed E-state index contributed by atoms with van der Waals surface area (Å²) in [5, 5.41) is 2.87. The summed E-state index contributed by atoms with van der Waals surface area (Å²) in [6, 6.07) is 19.8. The predicted octanol–water partition coefficient (Wildman–Crippen LogP) is 4.28. The number of anilines is 1. The molecule has 2 N–H and O–H groups in total. The topological polar surface area (TPSA) is 102 Å². The molecule has 3 aromatic carbocycles. The van der Waals surface area contributed by atoms with Crippen molar-refractivity contribution in [3.63, 3.8) is 0 Å². The molecule has 4 rings (SSSR count). The van der Waals surface area contributed by atoms with Crippen molar-refractivity contribution in [2.75, 3.05) is 4.72 Å². The Morgan fingerprint density at radius 3 is 2.21 bits per heavy atom. The first kappa shape index (κ1) is 23.5. The van der Waals surface area contributed by atoms with Gasteiger partial charge in [0.25, 0.3) is 15.9 Å². The molecule has 176 valence electrons. The van der Waals surface area contributed by atoms with E-state index in [1.165, 1.54) is 24.3 Å². The number of hydrogen-bond donors (Lipinski definition) is 2. The van der Waals surface area contributed by atoms with E-state index in [2.05, 4.69) is 10.0 Å². The molecule has 1 aliphatic carbocycles. The Labute approximate surface area is 199 Å². The molecule has 0 spiro atoms. The molecule has 0 bridgehead atoms. The van der Waals surface area contributed by atoms with Gasteiger partial charge in [0.05, 0.1) is 10.5 Å². The van der Waals surface area contributed by atoms with Crippen LogP contribution >= 0.6 is 0 Å². The van der Waals surface area contributed by atoms with E-state index in [4.69, 9.17) is 4.74 Å². The van der Waals surface area contributed by atoms with Crippen LogP contribution < -0.4 is 10.0 Å². The summed E-state index contributed by atoms with van der Waals surface area (Å²) in [4.78, 5) is 25.6. The van der Waals surface area contributed by atoms with Crippen LogP contribution in [0.3, 0.4) is 0 Å². The van der Waals surface area contributed by atoms with E-state index < -0.39 is 22.1 Å². The maximum atomic E-state index is 12.8. The van der Waals surface area contributed by atoms with E-state index in [0.29, 0.717) is 11.3 Å². The number of carbonyl (C=O) groups excluding carboxylic acids is 2. The van der Waals surface area contributed by atoms with Crippen LogP contribution in [-0.2, 0) is 19.6 Å². The van der Waals surface area contributed by atoms with E-state index in [1.54, 1.807) is 42.5 Å². The number of esters is 1. The van der Waals surface area contributed by atoms with Gasteiger partial charge in [-0.25, -0.2) is 13.2 Å². The maximum Gasteiger partial charge on any atom is 0.339 e. The summed E-state index contributed by atoms with van der Waals surface area (Å²) in [6.45, 7) is 3.76. The standard InChI is InChI=1S/C26H26N2O5S/c1-17-8-15-23(16-18(17)2)34(31,32)28-22-11-9-20(10-12-22)26(30)33-24(19-6-4-3-5-7-19)25(29)27-21-13-14-21/h3-12,15-16,21,24,28H,13-14H2,1-2H3,(H,27,29). The summed E-state index contributed by atoms with van der Waals surface area (Å²) in [5.74, 6) is -1.04. The summed E-state index contributed by atoms with van der Waals surface area (Å²) in [6.07, 6.45) is 0.763. The first-order chi connectivity index (χ1) is 16.2. The van der Waals surface area contributed by atoms with E-state index in [1.807, 2.05) is 19.9 Å². The minimum absolute atomic E-state index is 0.127. The summed E-state index contributed by atoms with van der Waals surface area (Å²) < 4.78 is 33.5. The molecule has 1 fully saturated rings. The third-order valence-electron chi connectivity index (χ3n) is 5.65. The van der Waals surface area contributed by atoms with Crippen molar-refractivity contribution in [3.8, 4) is 0 Å². The van der Waals surface area contributed by atoms with Gasteiger partial charge in [0, 0.05) is 17.3 Å². The molecule has 1 atom stereocenters. The lowest BCUT2D eigenvalue weighted by molar-refractivity contribution is -0.130. The number of benzene rings is 3. The normalized spacial score (nSPS) is 14.2. The molecular weight excluding hydrogens is 452 g/mol. The van der Waals surface area contributed by atoms with Crippen molar-refractivity contribution in [1.29, 1.82) is 0 Å². The van der Waals surface area contributed by atoms with Gasteiger partial charge in [-0.2, -0.15) is 0 Å². The molecule has 1 saturated carbocycles. The van der Waals surface area contributed by atoms with E-state index >= 15 is 0 Å². The fourth-order valence-corrected chi connectivity index (χ4v) is 4.49. The van der Waals surface area contributed by atoms with Crippen molar-refractivity contribution >= 4 is 27.6 Å². The number of aryl methyl sites for hydroxylation is 2. The van der Waals surface area contributed by atoms with Crippen LogP contribution in [0.4, 0.5) is 5.69 Å². The van der Waals surface area contributed by atoms with Crippen molar-refractivity contribution in [3.05, 3.63) is 95.1 Å². The third-order valence-corrected chi connectivity index (χ3v) is 7.03. The Hall–Kier alpha value is -3.65. The van der Waals surface area contributed by atoms with Gasteiger partial charge >= 0.3 is 5.97 Å². The van der Waals surface area contributed by atoms with Crippen molar-refractivity contribution in [1.82, 2.24) is 5.32 Å². The highest BCUT2D eigenvalue weighted by molar-refractivity contribution is 7.92. The van der Waals surface area contributed by atoms with Gasteiger partial charge < -0.3 is 10.1 Å². The molecule has 1 amide bonds. The van der Waals surface area contributed by atoms with Crippen LogP contribution in [0, 0.1) is 13.8 Å². The molecule has 0 radical (unpaired) electrons. The molecule has 0 saturated heterocycles. The molecule has 0 aliphatic heterocycles.